The van der Waals surface area contributed by atoms with E-state index in [9.17, 15) is 19.8 Å². The molecule has 108 valence electrons. The second-order valence-corrected chi connectivity index (χ2v) is 5.33. The van der Waals surface area contributed by atoms with Gasteiger partial charge in [-0.1, -0.05) is 13.3 Å². The van der Waals surface area contributed by atoms with E-state index in [0.717, 1.165) is 6.42 Å². The Labute approximate surface area is 117 Å². The van der Waals surface area contributed by atoms with Crippen LogP contribution in [0.3, 0.4) is 0 Å². The van der Waals surface area contributed by atoms with Crippen LogP contribution >= 0.6 is 0 Å². The number of rotatable bonds is 4. The smallest absolute Gasteiger partial charge is 0.307 e. The third-order valence-corrected chi connectivity index (χ3v) is 4.03. The molecule has 1 aliphatic carbocycles. The molecule has 5 nitrogen and oxygen atoms in total. The molecule has 3 atom stereocenters. The number of amides is 1. The Morgan fingerprint density at radius 2 is 1.80 bits per heavy atom. The Morgan fingerprint density at radius 3 is 2.35 bits per heavy atom. The van der Waals surface area contributed by atoms with Gasteiger partial charge < -0.3 is 15.5 Å². The summed E-state index contributed by atoms with van der Waals surface area (Å²) < 4.78 is 0. The van der Waals surface area contributed by atoms with Crippen LogP contribution in [0.25, 0.3) is 0 Å². The summed E-state index contributed by atoms with van der Waals surface area (Å²) in [5, 5.41) is 21.2. The van der Waals surface area contributed by atoms with Gasteiger partial charge in [0.25, 0.3) is 0 Å². The number of aromatic hydroxyl groups is 1. The van der Waals surface area contributed by atoms with Crippen molar-refractivity contribution in [3.8, 4) is 5.75 Å². The maximum atomic E-state index is 12.2. The van der Waals surface area contributed by atoms with Crippen LogP contribution in [0.2, 0.25) is 0 Å². The minimum absolute atomic E-state index is 0.123. The van der Waals surface area contributed by atoms with Crippen molar-refractivity contribution in [1.29, 1.82) is 0 Å². The van der Waals surface area contributed by atoms with Crippen LogP contribution in [0.15, 0.2) is 24.3 Å². The molecule has 0 bridgehead atoms. The molecule has 1 aromatic rings. The molecule has 0 spiro atoms. The number of anilines is 1. The van der Waals surface area contributed by atoms with Gasteiger partial charge in [-0.3, -0.25) is 9.59 Å². The first-order valence-electron chi connectivity index (χ1n) is 6.84. The SMILES string of the molecule is CCC1CC(C(=O)O)C(C(=O)Nc2ccc(O)cc2)C1. The highest BCUT2D eigenvalue weighted by atomic mass is 16.4. The highest BCUT2D eigenvalue weighted by molar-refractivity contribution is 5.95. The lowest BCUT2D eigenvalue weighted by Gasteiger charge is -2.15. The van der Waals surface area contributed by atoms with Gasteiger partial charge in [-0.25, -0.2) is 0 Å². The fourth-order valence-corrected chi connectivity index (χ4v) is 2.82. The number of aliphatic carboxylic acids is 1. The normalized spacial score (nSPS) is 25.4. The Bertz CT molecular complexity index is 497. The molecule has 1 fully saturated rings. The predicted molar refractivity (Wildman–Crippen MR) is 74.4 cm³/mol. The lowest BCUT2D eigenvalue weighted by atomic mass is 9.95. The summed E-state index contributed by atoms with van der Waals surface area (Å²) >= 11 is 0. The monoisotopic (exact) mass is 277 g/mol. The number of nitrogens with one attached hydrogen (secondary N) is 1. The summed E-state index contributed by atoms with van der Waals surface area (Å²) in [6.45, 7) is 2.02. The van der Waals surface area contributed by atoms with Gasteiger partial charge in [0.15, 0.2) is 0 Å². The van der Waals surface area contributed by atoms with Gasteiger partial charge in [0.05, 0.1) is 11.8 Å². The quantitative estimate of drug-likeness (QED) is 0.738. The van der Waals surface area contributed by atoms with E-state index in [-0.39, 0.29) is 11.7 Å². The van der Waals surface area contributed by atoms with Crippen LogP contribution in [-0.4, -0.2) is 22.1 Å². The van der Waals surface area contributed by atoms with Crippen LogP contribution in [0.4, 0.5) is 5.69 Å². The average molecular weight is 277 g/mol. The molecule has 3 unspecified atom stereocenters. The fraction of sp³-hybridized carbons (Fsp3) is 0.467. The average Bonchev–Trinajstić information content (AvgIpc) is 2.86. The van der Waals surface area contributed by atoms with Gasteiger partial charge in [0, 0.05) is 5.69 Å². The summed E-state index contributed by atoms with van der Waals surface area (Å²) in [5.74, 6) is -1.81. The molecular weight excluding hydrogens is 258 g/mol. The summed E-state index contributed by atoms with van der Waals surface area (Å²) in [5.41, 5.74) is 0.567. The third-order valence-electron chi connectivity index (χ3n) is 4.03. The summed E-state index contributed by atoms with van der Waals surface area (Å²) in [6.07, 6.45) is 2.09. The van der Waals surface area contributed by atoms with Gasteiger partial charge in [-0.05, 0) is 43.0 Å². The number of carboxylic acid groups (broad SMARTS) is 1. The number of carbonyl (C=O) groups excluding carboxylic acids is 1. The Balaban J connectivity index is 2.07. The van der Waals surface area contributed by atoms with Crippen molar-refractivity contribution in [2.75, 3.05) is 5.32 Å². The van der Waals surface area contributed by atoms with Crippen LogP contribution in [0, 0.1) is 17.8 Å². The van der Waals surface area contributed by atoms with E-state index >= 15 is 0 Å². The molecule has 1 amide bonds. The number of phenolic OH excluding ortho intramolecular Hbond substituents is 1. The molecule has 0 heterocycles. The van der Waals surface area contributed by atoms with Crippen molar-refractivity contribution in [2.45, 2.75) is 26.2 Å². The zero-order chi connectivity index (χ0) is 14.7. The molecule has 1 aromatic carbocycles. The maximum absolute atomic E-state index is 12.2. The third kappa shape index (κ3) is 3.10. The number of benzene rings is 1. The molecule has 0 aromatic heterocycles. The van der Waals surface area contributed by atoms with Crippen molar-refractivity contribution < 1.29 is 19.8 Å². The van der Waals surface area contributed by atoms with Crippen molar-refractivity contribution in [3.63, 3.8) is 0 Å². The molecule has 1 saturated carbocycles. The van der Waals surface area contributed by atoms with Crippen LogP contribution in [0.5, 0.6) is 5.75 Å². The van der Waals surface area contributed by atoms with Crippen LogP contribution in [0.1, 0.15) is 26.2 Å². The Kier molecular flexibility index (Phi) is 4.27. The van der Waals surface area contributed by atoms with E-state index in [1.54, 1.807) is 12.1 Å². The largest absolute Gasteiger partial charge is 0.508 e. The molecule has 0 aliphatic heterocycles. The van der Waals surface area contributed by atoms with E-state index in [1.165, 1.54) is 12.1 Å². The second kappa shape index (κ2) is 5.94. The minimum Gasteiger partial charge on any atom is -0.508 e. The summed E-state index contributed by atoms with van der Waals surface area (Å²) in [7, 11) is 0. The molecular formula is C15H19NO4. The number of hydrogen-bond donors (Lipinski definition) is 3. The molecule has 0 saturated heterocycles. The number of carbonyl (C=O) groups is 2. The zero-order valence-corrected chi connectivity index (χ0v) is 11.4. The molecule has 3 N–H and O–H groups in total. The first-order chi connectivity index (χ1) is 9.51. The van der Waals surface area contributed by atoms with Gasteiger partial charge >= 0.3 is 5.97 Å². The molecule has 1 aliphatic rings. The van der Waals surface area contributed by atoms with E-state index < -0.39 is 17.8 Å². The van der Waals surface area contributed by atoms with Gasteiger partial charge in [0.2, 0.25) is 5.91 Å². The highest BCUT2D eigenvalue weighted by Gasteiger charge is 2.42. The van der Waals surface area contributed by atoms with E-state index in [1.807, 2.05) is 6.92 Å². The van der Waals surface area contributed by atoms with Gasteiger partial charge in [-0.15, -0.1) is 0 Å². The first-order valence-corrected chi connectivity index (χ1v) is 6.84. The molecule has 5 heteroatoms. The number of phenols is 1. The van der Waals surface area contributed by atoms with Crippen molar-refractivity contribution >= 4 is 17.6 Å². The molecule has 20 heavy (non-hydrogen) atoms. The maximum Gasteiger partial charge on any atom is 0.307 e. The van der Waals surface area contributed by atoms with Crippen molar-refractivity contribution in [2.24, 2.45) is 17.8 Å². The summed E-state index contributed by atoms with van der Waals surface area (Å²) in [6, 6.07) is 6.14. The molecule has 2 rings (SSSR count). The Morgan fingerprint density at radius 1 is 1.20 bits per heavy atom. The number of carboxylic acids is 1. The topological polar surface area (TPSA) is 86.6 Å². The van der Waals surface area contributed by atoms with Crippen LogP contribution < -0.4 is 5.32 Å². The van der Waals surface area contributed by atoms with Crippen LogP contribution in [-0.2, 0) is 9.59 Å². The first kappa shape index (κ1) is 14.4. The standard InChI is InChI=1S/C15H19NO4/c1-2-9-7-12(13(8-9)15(19)20)14(18)16-10-3-5-11(17)6-4-10/h3-6,9,12-13,17H,2,7-8H2,1H3,(H,16,18)(H,19,20). The Hall–Kier alpha value is -2.04. The summed E-state index contributed by atoms with van der Waals surface area (Å²) in [4.78, 5) is 23.5. The van der Waals surface area contributed by atoms with Crippen molar-refractivity contribution in [1.82, 2.24) is 0 Å². The van der Waals surface area contributed by atoms with Crippen molar-refractivity contribution in [3.05, 3.63) is 24.3 Å². The predicted octanol–water partition coefficient (Wildman–Crippen LogP) is 2.47. The van der Waals surface area contributed by atoms with E-state index in [0.29, 0.717) is 24.4 Å². The number of hydrogen-bond acceptors (Lipinski definition) is 3. The van der Waals surface area contributed by atoms with Gasteiger partial charge in [-0.2, -0.15) is 0 Å². The van der Waals surface area contributed by atoms with E-state index in [2.05, 4.69) is 5.32 Å². The zero-order valence-electron chi connectivity index (χ0n) is 11.4. The lowest BCUT2D eigenvalue weighted by molar-refractivity contribution is -0.145. The molecule has 0 radical (unpaired) electrons. The minimum atomic E-state index is -0.896. The fourth-order valence-electron chi connectivity index (χ4n) is 2.82. The lowest BCUT2D eigenvalue weighted by Crippen LogP contribution is -2.29. The van der Waals surface area contributed by atoms with E-state index in [4.69, 9.17) is 0 Å². The second-order valence-electron chi connectivity index (χ2n) is 5.33. The van der Waals surface area contributed by atoms with Gasteiger partial charge in [0.1, 0.15) is 5.75 Å². The highest BCUT2D eigenvalue weighted by Crippen LogP contribution is 2.39.